The Balaban J connectivity index is 2.04. The van der Waals surface area contributed by atoms with Crippen molar-refractivity contribution in [1.29, 1.82) is 0 Å². The summed E-state index contributed by atoms with van der Waals surface area (Å²) in [5.74, 6) is -0.908. The second-order valence-electron chi connectivity index (χ2n) is 5.02. The van der Waals surface area contributed by atoms with Crippen molar-refractivity contribution in [3.8, 4) is 0 Å². The van der Waals surface area contributed by atoms with Crippen LogP contribution in [0, 0.1) is 0 Å². The van der Waals surface area contributed by atoms with Crippen LogP contribution in [0.3, 0.4) is 0 Å². The highest BCUT2D eigenvalue weighted by molar-refractivity contribution is 5.94. The van der Waals surface area contributed by atoms with Gasteiger partial charge in [0, 0.05) is 24.7 Å². The van der Waals surface area contributed by atoms with Crippen molar-refractivity contribution in [2.24, 2.45) is 0 Å². The Labute approximate surface area is 118 Å². The average molecular weight is 276 g/mol. The van der Waals surface area contributed by atoms with Crippen molar-refractivity contribution < 1.29 is 14.7 Å². The van der Waals surface area contributed by atoms with Crippen LogP contribution in [0.2, 0.25) is 0 Å². The zero-order chi connectivity index (χ0) is 14.4. The molecule has 1 aliphatic rings. The lowest BCUT2D eigenvalue weighted by Gasteiger charge is -2.23. The molecular formula is C15H20N2O3. The molecule has 0 spiro atoms. The monoisotopic (exact) mass is 276 g/mol. The number of aliphatic carboxylic acids is 1. The Morgan fingerprint density at radius 3 is 2.65 bits per heavy atom. The first-order chi connectivity index (χ1) is 9.66. The first kappa shape index (κ1) is 14.5. The van der Waals surface area contributed by atoms with Crippen LogP contribution in [0.25, 0.3) is 0 Å². The maximum atomic E-state index is 12.4. The number of rotatable bonds is 6. The maximum Gasteiger partial charge on any atom is 0.305 e. The summed E-state index contributed by atoms with van der Waals surface area (Å²) in [5, 5.41) is 12.1. The SMILES string of the molecule is O=C(O)CCN(C(=O)CC1CCCN1)c1ccccc1. The molecule has 0 bridgehead atoms. The number of nitrogens with zero attached hydrogens (tertiary/aromatic N) is 1. The molecule has 1 atom stereocenters. The van der Waals surface area contributed by atoms with Gasteiger partial charge in [0.15, 0.2) is 0 Å². The molecule has 5 heteroatoms. The van der Waals surface area contributed by atoms with E-state index in [4.69, 9.17) is 5.11 Å². The van der Waals surface area contributed by atoms with Gasteiger partial charge in [-0.1, -0.05) is 18.2 Å². The van der Waals surface area contributed by atoms with E-state index in [-0.39, 0.29) is 24.9 Å². The summed E-state index contributed by atoms with van der Waals surface area (Å²) in [6, 6.07) is 9.47. The van der Waals surface area contributed by atoms with Crippen molar-refractivity contribution in [1.82, 2.24) is 5.32 Å². The van der Waals surface area contributed by atoms with E-state index in [1.165, 1.54) is 0 Å². The van der Waals surface area contributed by atoms with Crippen LogP contribution in [0.5, 0.6) is 0 Å². The molecule has 1 heterocycles. The smallest absolute Gasteiger partial charge is 0.305 e. The number of nitrogens with one attached hydrogen (secondary N) is 1. The van der Waals surface area contributed by atoms with Gasteiger partial charge in [0.05, 0.1) is 6.42 Å². The Morgan fingerprint density at radius 2 is 2.05 bits per heavy atom. The number of carbonyl (C=O) groups excluding carboxylic acids is 1. The fourth-order valence-electron chi connectivity index (χ4n) is 2.47. The summed E-state index contributed by atoms with van der Waals surface area (Å²) in [7, 11) is 0. The number of amides is 1. The fourth-order valence-corrected chi connectivity index (χ4v) is 2.47. The number of carbonyl (C=O) groups is 2. The Bertz CT molecular complexity index is 455. The number of hydrogen-bond donors (Lipinski definition) is 2. The van der Waals surface area contributed by atoms with Gasteiger partial charge >= 0.3 is 5.97 Å². The highest BCUT2D eigenvalue weighted by Gasteiger charge is 2.22. The zero-order valence-corrected chi connectivity index (χ0v) is 11.4. The largest absolute Gasteiger partial charge is 0.481 e. The van der Waals surface area contributed by atoms with E-state index in [9.17, 15) is 9.59 Å². The third-order valence-electron chi connectivity index (χ3n) is 3.50. The van der Waals surface area contributed by atoms with E-state index < -0.39 is 5.97 Å². The molecule has 0 saturated carbocycles. The molecule has 0 aromatic heterocycles. The quantitative estimate of drug-likeness (QED) is 0.828. The highest BCUT2D eigenvalue weighted by Crippen LogP contribution is 2.17. The summed E-state index contributed by atoms with van der Waals surface area (Å²) in [5.41, 5.74) is 0.761. The number of anilines is 1. The van der Waals surface area contributed by atoms with Crippen LogP contribution < -0.4 is 10.2 Å². The molecule has 108 valence electrons. The van der Waals surface area contributed by atoms with Gasteiger partial charge < -0.3 is 15.3 Å². The van der Waals surface area contributed by atoms with Crippen LogP contribution in [-0.2, 0) is 9.59 Å². The van der Waals surface area contributed by atoms with Gasteiger partial charge in [-0.2, -0.15) is 0 Å². The zero-order valence-electron chi connectivity index (χ0n) is 11.4. The predicted octanol–water partition coefficient (Wildman–Crippen LogP) is 1.64. The van der Waals surface area contributed by atoms with Gasteiger partial charge in [0.2, 0.25) is 5.91 Å². The molecule has 0 radical (unpaired) electrons. The van der Waals surface area contributed by atoms with E-state index in [0.29, 0.717) is 6.42 Å². The van der Waals surface area contributed by atoms with E-state index in [1.54, 1.807) is 4.90 Å². The van der Waals surface area contributed by atoms with Crippen molar-refractivity contribution in [2.75, 3.05) is 18.0 Å². The third-order valence-corrected chi connectivity index (χ3v) is 3.50. The minimum absolute atomic E-state index is 0.0168. The average Bonchev–Trinajstić information content (AvgIpc) is 2.92. The number of benzene rings is 1. The van der Waals surface area contributed by atoms with E-state index in [2.05, 4.69) is 5.32 Å². The van der Waals surface area contributed by atoms with Crippen molar-refractivity contribution in [3.63, 3.8) is 0 Å². The van der Waals surface area contributed by atoms with Crippen LogP contribution in [0.15, 0.2) is 30.3 Å². The summed E-state index contributed by atoms with van der Waals surface area (Å²) >= 11 is 0. The predicted molar refractivity (Wildman–Crippen MR) is 76.7 cm³/mol. The Kier molecular flexibility index (Phi) is 5.12. The van der Waals surface area contributed by atoms with Gasteiger partial charge in [-0.05, 0) is 31.5 Å². The van der Waals surface area contributed by atoms with Crippen LogP contribution in [0.1, 0.15) is 25.7 Å². The molecule has 1 aromatic rings. The molecular weight excluding hydrogens is 256 g/mol. The summed E-state index contributed by atoms with van der Waals surface area (Å²) in [4.78, 5) is 24.7. The molecule has 5 nitrogen and oxygen atoms in total. The highest BCUT2D eigenvalue weighted by atomic mass is 16.4. The van der Waals surface area contributed by atoms with Gasteiger partial charge in [0.1, 0.15) is 0 Å². The van der Waals surface area contributed by atoms with Crippen molar-refractivity contribution in [2.45, 2.75) is 31.7 Å². The molecule has 20 heavy (non-hydrogen) atoms. The van der Waals surface area contributed by atoms with Crippen LogP contribution >= 0.6 is 0 Å². The first-order valence-corrected chi connectivity index (χ1v) is 6.97. The number of hydrogen-bond acceptors (Lipinski definition) is 3. The van der Waals surface area contributed by atoms with E-state index in [0.717, 1.165) is 25.1 Å². The molecule has 1 aliphatic heterocycles. The fraction of sp³-hybridized carbons (Fsp3) is 0.467. The minimum Gasteiger partial charge on any atom is -0.481 e. The van der Waals surface area contributed by atoms with Crippen molar-refractivity contribution >= 4 is 17.6 Å². The molecule has 0 aliphatic carbocycles. The number of carboxylic acid groups (broad SMARTS) is 1. The molecule has 2 rings (SSSR count). The van der Waals surface area contributed by atoms with Gasteiger partial charge in [0.25, 0.3) is 0 Å². The van der Waals surface area contributed by atoms with E-state index in [1.807, 2.05) is 30.3 Å². The van der Waals surface area contributed by atoms with E-state index >= 15 is 0 Å². The molecule has 1 amide bonds. The summed E-state index contributed by atoms with van der Waals surface area (Å²) in [6.45, 7) is 1.17. The molecule has 2 N–H and O–H groups in total. The Morgan fingerprint density at radius 1 is 1.30 bits per heavy atom. The van der Waals surface area contributed by atoms with Gasteiger partial charge in [-0.3, -0.25) is 9.59 Å². The molecule has 1 saturated heterocycles. The number of carboxylic acids is 1. The minimum atomic E-state index is -0.891. The maximum absolute atomic E-state index is 12.4. The lowest BCUT2D eigenvalue weighted by atomic mass is 10.1. The van der Waals surface area contributed by atoms with Gasteiger partial charge in [-0.25, -0.2) is 0 Å². The van der Waals surface area contributed by atoms with Crippen molar-refractivity contribution in [3.05, 3.63) is 30.3 Å². The summed E-state index contributed by atoms with van der Waals surface area (Å²) in [6.07, 6.45) is 2.49. The normalized spacial score (nSPS) is 17.9. The second-order valence-corrected chi connectivity index (χ2v) is 5.02. The van der Waals surface area contributed by atoms with Crippen LogP contribution in [0.4, 0.5) is 5.69 Å². The summed E-state index contributed by atoms with van der Waals surface area (Å²) < 4.78 is 0. The lowest BCUT2D eigenvalue weighted by molar-refractivity contribution is -0.136. The first-order valence-electron chi connectivity index (χ1n) is 6.97. The molecule has 1 unspecified atom stereocenters. The molecule has 1 aromatic carbocycles. The van der Waals surface area contributed by atoms with Crippen LogP contribution in [-0.4, -0.2) is 36.1 Å². The number of para-hydroxylation sites is 1. The second kappa shape index (κ2) is 7.05. The lowest BCUT2D eigenvalue weighted by Crippen LogP contribution is -2.37. The standard InChI is InChI=1S/C15H20N2O3/c18-14(11-12-5-4-9-16-12)17(10-8-15(19)20)13-6-2-1-3-7-13/h1-3,6-7,12,16H,4-5,8-11H2,(H,19,20). The third kappa shape index (κ3) is 4.06. The van der Waals surface area contributed by atoms with Gasteiger partial charge in [-0.15, -0.1) is 0 Å². The Hall–Kier alpha value is -1.88. The molecule has 1 fully saturated rings. The topological polar surface area (TPSA) is 69.6 Å².